The molecule has 0 aromatic heterocycles. The molecule has 1 amide bonds. The van der Waals surface area contributed by atoms with Crippen molar-refractivity contribution in [2.45, 2.75) is 13.0 Å². The molecule has 2 aliphatic heterocycles. The molecule has 0 saturated carbocycles. The number of carbonyl (C=O) groups is 1. The van der Waals surface area contributed by atoms with Crippen LogP contribution in [-0.2, 0) is 19.6 Å². The number of anilines is 1. The van der Waals surface area contributed by atoms with Crippen molar-refractivity contribution < 1.29 is 22.7 Å². The lowest BCUT2D eigenvalue weighted by molar-refractivity contribution is -0.142. The molecule has 1 fully saturated rings. The van der Waals surface area contributed by atoms with Gasteiger partial charge in [0.2, 0.25) is 10.0 Å². The number of benzene rings is 1. The fourth-order valence-electron chi connectivity index (χ4n) is 2.74. The number of morpholine rings is 1. The first-order chi connectivity index (χ1) is 11.0. The Labute approximate surface area is 135 Å². The Kier molecular flexibility index (Phi) is 4.45. The lowest BCUT2D eigenvalue weighted by Gasteiger charge is -2.37. The van der Waals surface area contributed by atoms with Crippen molar-refractivity contribution in [3.8, 4) is 5.75 Å². The second-order valence-corrected chi connectivity index (χ2v) is 7.63. The van der Waals surface area contributed by atoms with Crippen LogP contribution in [0.25, 0.3) is 0 Å². The smallest absolute Gasteiger partial charge is 0.265 e. The average molecular weight is 340 g/mol. The summed E-state index contributed by atoms with van der Waals surface area (Å²) in [6.45, 7) is 3.58. The zero-order valence-electron chi connectivity index (χ0n) is 13.0. The van der Waals surface area contributed by atoms with E-state index in [1.54, 1.807) is 36.1 Å². The molecule has 126 valence electrons. The van der Waals surface area contributed by atoms with E-state index in [1.165, 1.54) is 4.31 Å². The van der Waals surface area contributed by atoms with E-state index < -0.39 is 16.1 Å². The Hall–Kier alpha value is -1.80. The Bertz CT molecular complexity index is 685. The number of rotatable bonds is 3. The maximum atomic E-state index is 12.6. The van der Waals surface area contributed by atoms with Crippen molar-refractivity contribution in [1.82, 2.24) is 4.90 Å². The average Bonchev–Trinajstić information content (AvgIpc) is 2.60. The van der Waals surface area contributed by atoms with Gasteiger partial charge in [0.25, 0.3) is 5.91 Å². The zero-order valence-corrected chi connectivity index (χ0v) is 13.8. The van der Waals surface area contributed by atoms with Gasteiger partial charge in [0, 0.05) is 13.1 Å². The Morgan fingerprint density at radius 3 is 2.65 bits per heavy atom. The number of para-hydroxylation sites is 2. The highest BCUT2D eigenvalue weighted by molar-refractivity contribution is 7.92. The maximum Gasteiger partial charge on any atom is 0.265 e. The molecule has 3 rings (SSSR count). The lowest BCUT2D eigenvalue weighted by atomic mass is 10.2. The van der Waals surface area contributed by atoms with Gasteiger partial charge in [-0.3, -0.25) is 9.10 Å². The van der Waals surface area contributed by atoms with Gasteiger partial charge in [0.15, 0.2) is 6.10 Å². The SMILES string of the molecule is CCS(=O)(=O)N1C[C@H](C(=O)N2CCOCC2)Oc2ccccc21. The maximum absolute atomic E-state index is 12.6. The zero-order chi connectivity index (χ0) is 16.4. The molecule has 1 saturated heterocycles. The summed E-state index contributed by atoms with van der Waals surface area (Å²) in [7, 11) is -3.47. The van der Waals surface area contributed by atoms with Crippen LogP contribution in [0.1, 0.15) is 6.92 Å². The summed E-state index contributed by atoms with van der Waals surface area (Å²) in [5.74, 6) is 0.196. The van der Waals surface area contributed by atoms with Crippen LogP contribution < -0.4 is 9.04 Å². The van der Waals surface area contributed by atoms with Crippen LogP contribution in [-0.4, -0.2) is 63.9 Å². The van der Waals surface area contributed by atoms with Gasteiger partial charge in [-0.2, -0.15) is 0 Å². The Morgan fingerprint density at radius 1 is 1.26 bits per heavy atom. The molecule has 23 heavy (non-hydrogen) atoms. The van der Waals surface area contributed by atoms with Crippen LogP contribution in [0.15, 0.2) is 24.3 Å². The number of carbonyl (C=O) groups excluding carboxylic acids is 1. The van der Waals surface area contributed by atoms with Gasteiger partial charge in [0.05, 0.1) is 31.2 Å². The second kappa shape index (κ2) is 6.37. The predicted octanol–water partition coefficient (Wildman–Crippen LogP) is 0.463. The summed E-state index contributed by atoms with van der Waals surface area (Å²) < 4.78 is 37.1. The van der Waals surface area contributed by atoms with Gasteiger partial charge < -0.3 is 14.4 Å². The monoisotopic (exact) mass is 340 g/mol. The molecule has 1 aromatic carbocycles. The predicted molar refractivity (Wildman–Crippen MR) is 85.1 cm³/mol. The Balaban J connectivity index is 1.89. The van der Waals surface area contributed by atoms with Crippen LogP contribution in [0.5, 0.6) is 5.75 Å². The molecule has 2 aliphatic rings. The molecule has 0 aliphatic carbocycles. The first-order valence-corrected chi connectivity index (χ1v) is 9.26. The quantitative estimate of drug-likeness (QED) is 0.799. The van der Waals surface area contributed by atoms with Gasteiger partial charge in [-0.25, -0.2) is 8.42 Å². The lowest BCUT2D eigenvalue weighted by Crippen LogP contribution is -2.54. The van der Waals surface area contributed by atoms with Crippen molar-refractivity contribution in [1.29, 1.82) is 0 Å². The molecule has 8 heteroatoms. The molecule has 0 N–H and O–H groups in total. The minimum absolute atomic E-state index is 0.00335. The van der Waals surface area contributed by atoms with Gasteiger partial charge in [-0.05, 0) is 19.1 Å². The minimum atomic E-state index is -3.47. The van der Waals surface area contributed by atoms with E-state index in [4.69, 9.17) is 9.47 Å². The third-order valence-corrected chi connectivity index (χ3v) is 5.78. The van der Waals surface area contributed by atoms with Crippen LogP contribution in [0.3, 0.4) is 0 Å². The summed E-state index contributed by atoms with van der Waals surface area (Å²) in [5, 5.41) is 0. The second-order valence-electron chi connectivity index (χ2n) is 5.44. The van der Waals surface area contributed by atoms with Gasteiger partial charge in [-0.1, -0.05) is 12.1 Å². The van der Waals surface area contributed by atoms with Crippen molar-refractivity contribution >= 4 is 21.6 Å². The first-order valence-electron chi connectivity index (χ1n) is 7.65. The van der Waals surface area contributed by atoms with E-state index in [-0.39, 0.29) is 18.2 Å². The van der Waals surface area contributed by atoms with Gasteiger partial charge in [0.1, 0.15) is 5.75 Å². The third kappa shape index (κ3) is 3.13. The van der Waals surface area contributed by atoms with Gasteiger partial charge >= 0.3 is 0 Å². The summed E-state index contributed by atoms with van der Waals surface area (Å²) in [6, 6.07) is 6.89. The number of hydrogen-bond acceptors (Lipinski definition) is 5. The molecule has 1 aromatic rings. The summed E-state index contributed by atoms with van der Waals surface area (Å²) in [4.78, 5) is 14.3. The molecule has 0 bridgehead atoms. The fourth-order valence-corrected chi connectivity index (χ4v) is 3.86. The van der Waals surface area contributed by atoms with Crippen molar-refractivity contribution in [3.63, 3.8) is 0 Å². The van der Waals surface area contributed by atoms with Crippen LogP contribution in [0.2, 0.25) is 0 Å². The van der Waals surface area contributed by atoms with Crippen molar-refractivity contribution in [3.05, 3.63) is 24.3 Å². The molecule has 0 unspecified atom stereocenters. The topological polar surface area (TPSA) is 76.2 Å². The van der Waals surface area contributed by atoms with E-state index in [9.17, 15) is 13.2 Å². The fraction of sp³-hybridized carbons (Fsp3) is 0.533. The number of sulfonamides is 1. The van der Waals surface area contributed by atoms with Crippen molar-refractivity contribution in [2.24, 2.45) is 0 Å². The van der Waals surface area contributed by atoms with E-state index in [1.807, 2.05) is 0 Å². The minimum Gasteiger partial charge on any atom is -0.476 e. The number of hydrogen-bond donors (Lipinski definition) is 0. The summed E-state index contributed by atoms with van der Waals surface area (Å²) >= 11 is 0. The number of fused-ring (bicyclic) bond motifs is 1. The molecular weight excluding hydrogens is 320 g/mol. The highest BCUT2D eigenvalue weighted by atomic mass is 32.2. The van der Waals surface area contributed by atoms with Crippen LogP contribution >= 0.6 is 0 Å². The summed E-state index contributed by atoms with van der Waals surface area (Å²) in [6.07, 6.45) is -0.829. The third-order valence-electron chi connectivity index (χ3n) is 4.03. The van der Waals surface area contributed by atoms with E-state index in [2.05, 4.69) is 0 Å². The highest BCUT2D eigenvalue weighted by Crippen LogP contribution is 2.35. The number of nitrogens with zero attached hydrogens (tertiary/aromatic N) is 2. The largest absolute Gasteiger partial charge is 0.476 e. The molecule has 7 nitrogen and oxygen atoms in total. The Morgan fingerprint density at radius 2 is 1.96 bits per heavy atom. The van der Waals surface area contributed by atoms with Crippen LogP contribution in [0, 0.1) is 0 Å². The molecule has 1 atom stereocenters. The molecule has 2 heterocycles. The number of ether oxygens (including phenoxy) is 2. The molecular formula is C15H20N2O5S. The molecule has 0 radical (unpaired) electrons. The standard InChI is InChI=1S/C15H20N2O5S/c1-2-23(19,20)17-11-14(15(18)16-7-9-21-10-8-16)22-13-6-4-3-5-12(13)17/h3-6,14H,2,7-11H2,1H3/t14-/m1/s1. The summed E-state index contributed by atoms with van der Waals surface area (Å²) in [5.41, 5.74) is 0.486. The van der Waals surface area contributed by atoms with Crippen molar-refractivity contribution in [2.75, 3.05) is 42.9 Å². The van der Waals surface area contributed by atoms with Gasteiger partial charge in [-0.15, -0.1) is 0 Å². The van der Waals surface area contributed by atoms with E-state index in [0.717, 1.165) is 0 Å². The highest BCUT2D eigenvalue weighted by Gasteiger charge is 2.37. The molecule has 0 spiro atoms. The first kappa shape index (κ1) is 16.1. The van der Waals surface area contributed by atoms with E-state index >= 15 is 0 Å². The van der Waals surface area contributed by atoms with Crippen LogP contribution in [0.4, 0.5) is 5.69 Å². The number of amides is 1. The van der Waals surface area contributed by atoms with E-state index in [0.29, 0.717) is 37.7 Å². The normalized spacial score (nSPS) is 21.5.